The number of amides is 1. The Morgan fingerprint density at radius 2 is 2.20 bits per heavy atom. The molecule has 0 aliphatic rings. The first-order valence-electron chi connectivity index (χ1n) is 4.83. The molecule has 1 aromatic rings. The molecule has 0 atom stereocenters. The standard InChI is InChI=1S/C10H15N3O2/c11-5-1-2-6-15-8-3-4-9(10(12)14)13-7-8/h3-4,7H,1-2,5-6,11H2,(H2,12,14). The Morgan fingerprint density at radius 3 is 2.73 bits per heavy atom. The SMILES string of the molecule is NCCCCOc1ccc(C(N)=O)nc1. The predicted octanol–water partition coefficient (Wildman–Crippen LogP) is 0.298. The number of nitrogens with zero attached hydrogens (tertiary/aromatic N) is 1. The van der Waals surface area contributed by atoms with Crippen LogP contribution in [0.1, 0.15) is 23.3 Å². The lowest BCUT2D eigenvalue weighted by molar-refractivity contribution is 0.0995. The average molecular weight is 209 g/mol. The van der Waals surface area contributed by atoms with Gasteiger partial charge in [-0.05, 0) is 31.5 Å². The molecule has 0 aliphatic carbocycles. The second kappa shape index (κ2) is 5.98. The Labute approximate surface area is 88.4 Å². The van der Waals surface area contributed by atoms with E-state index >= 15 is 0 Å². The van der Waals surface area contributed by atoms with Crippen molar-refractivity contribution in [2.24, 2.45) is 11.5 Å². The first kappa shape index (κ1) is 11.5. The van der Waals surface area contributed by atoms with E-state index in [-0.39, 0.29) is 5.69 Å². The van der Waals surface area contributed by atoms with E-state index in [0.717, 1.165) is 12.8 Å². The van der Waals surface area contributed by atoms with Crippen LogP contribution in [0.2, 0.25) is 0 Å². The van der Waals surface area contributed by atoms with E-state index in [1.165, 1.54) is 6.20 Å². The van der Waals surface area contributed by atoms with Crippen LogP contribution in [0.5, 0.6) is 5.75 Å². The maximum absolute atomic E-state index is 10.7. The van der Waals surface area contributed by atoms with Gasteiger partial charge in [0.15, 0.2) is 0 Å². The molecule has 4 N–H and O–H groups in total. The van der Waals surface area contributed by atoms with Gasteiger partial charge < -0.3 is 16.2 Å². The predicted molar refractivity (Wildman–Crippen MR) is 56.5 cm³/mol. The number of aromatic nitrogens is 1. The van der Waals surface area contributed by atoms with Crippen molar-refractivity contribution in [1.82, 2.24) is 4.98 Å². The summed E-state index contributed by atoms with van der Waals surface area (Å²) in [4.78, 5) is 14.6. The number of rotatable bonds is 6. The topological polar surface area (TPSA) is 91.2 Å². The van der Waals surface area contributed by atoms with Crippen LogP contribution in [0.3, 0.4) is 0 Å². The Bertz CT molecular complexity index is 311. The van der Waals surface area contributed by atoms with Crippen LogP contribution in [-0.2, 0) is 0 Å². The van der Waals surface area contributed by atoms with Crippen molar-refractivity contribution in [3.05, 3.63) is 24.0 Å². The summed E-state index contributed by atoms with van der Waals surface area (Å²) in [6.45, 7) is 1.27. The summed E-state index contributed by atoms with van der Waals surface area (Å²) in [5, 5.41) is 0. The number of carbonyl (C=O) groups is 1. The number of unbranched alkanes of at least 4 members (excludes halogenated alkanes) is 1. The van der Waals surface area contributed by atoms with Crippen molar-refractivity contribution in [3.8, 4) is 5.75 Å². The maximum Gasteiger partial charge on any atom is 0.267 e. The summed E-state index contributed by atoms with van der Waals surface area (Å²) in [6, 6.07) is 3.22. The van der Waals surface area contributed by atoms with Crippen LogP contribution >= 0.6 is 0 Å². The van der Waals surface area contributed by atoms with E-state index in [2.05, 4.69) is 4.98 Å². The highest BCUT2D eigenvalue weighted by Crippen LogP contribution is 2.09. The lowest BCUT2D eigenvalue weighted by Gasteiger charge is -2.04. The van der Waals surface area contributed by atoms with Crippen molar-refractivity contribution >= 4 is 5.91 Å². The molecule has 1 amide bonds. The van der Waals surface area contributed by atoms with E-state index in [9.17, 15) is 4.79 Å². The van der Waals surface area contributed by atoms with Crippen LogP contribution < -0.4 is 16.2 Å². The van der Waals surface area contributed by atoms with Crippen LogP contribution in [-0.4, -0.2) is 24.0 Å². The van der Waals surface area contributed by atoms with Gasteiger partial charge in [-0.25, -0.2) is 4.98 Å². The van der Waals surface area contributed by atoms with E-state index in [4.69, 9.17) is 16.2 Å². The van der Waals surface area contributed by atoms with Gasteiger partial charge >= 0.3 is 0 Å². The van der Waals surface area contributed by atoms with Gasteiger partial charge in [0.1, 0.15) is 11.4 Å². The Balaban J connectivity index is 2.39. The van der Waals surface area contributed by atoms with Gasteiger partial charge in [-0.2, -0.15) is 0 Å². The first-order chi connectivity index (χ1) is 7.24. The highest BCUT2D eigenvalue weighted by atomic mass is 16.5. The first-order valence-corrected chi connectivity index (χ1v) is 4.83. The van der Waals surface area contributed by atoms with Crippen molar-refractivity contribution in [1.29, 1.82) is 0 Å². The molecule has 15 heavy (non-hydrogen) atoms. The maximum atomic E-state index is 10.7. The molecule has 1 heterocycles. The summed E-state index contributed by atoms with van der Waals surface area (Å²) in [7, 11) is 0. The summed E-state index contributed by atoms with van der Waals surface area (Å²) in [6.07, 6.45) is 3.34. The molecule has 0 radical (unpaired) electrons. The summed E-state index contributed by atoms with van der Waals surface area (Å²) >= 11 is 0. The highest BCUT2D eigenvalue weighted by Gasteiger charge is 2.01. The quantitative estimate of drug-likeness (QED) is 0.659. The van der Waals surface area contributed by atoms with Gasteiger partial charge in [-0.1, -0.05) is 0 Å². The highest BCUT2D eigenvalue weighted by molar-refractivity contribution is 5.90. The third-order valence-electron chi connectivity index (χ3n) is 1.86. The molecule has 0 saturated heterocycles. The number of ether oxygens (including phenoxy) is 1. The lowest BCUT2D eigenvalue weighted by atomic mass is 10.3. The molecule has 0 unspecified atom stereocenters. The summed E-state index contributed by atoms with van der Waals surface area (Å²) < 4.78 is 5.37. The van der Waals surface area contributed by atoms with Crippen molar-refractivity contribution < 1.29 is 9.53 Å². The van der Waals surface area contributed by atoms with Crippen molar-refractivity contribution in [3.63, 3.8) is 0 Å². The summed E-state index contributed by atoms with van der Waals surface area (Å²) in [5.41, 5.74) is 10.6. The lowest BCUT2D eigenvalue weighted by Crippen LogP contribution is -2.12. The molecule has 82 valence electrons. The number of nitrogens with two attached hydrogens (primary N) is 2. The molecule has 0 aromatic carbocycles. The number of carbonyl (C=O) groups excluding carboxylic acids is 1. The second-order valence-electron chi connectivity index (χ2n) is 3.09. The van der Waals surface area contributed by atoms with E-state index in [0.29, 0.717) is 18.9 Å². The fourth-order valence-electron chi connectivity index (χ4n) is 1.05. The minimum Gasteiger partial charge on any atom is -0.492 e. The second-order valence-corrected chi connectivity index (χ2v) is 3.09. The molecular formula is C10H15N3O2. The van der Waals surface area contributed by atoms with Crippen LogP contribution in [0.4, 0.5) is 0 Å². The average Bonchev–Trinajstić information content (AvgIpc) is 2.25. The number of hydrogen-bond donors (Lipinski definition) is 2. The van der Waals surface area contributed by atoms with E-state index in [1.807, 2.05) is 0 Å². The smallest absolute Gasteiger partial charge is 0.267 e. The molecule has 0 bridgehead atoms. The van der Waals surface area contributed by atoms with Gasteiger partial charge in [-0.3, -0.25) is 4.79 Å². The van der Waals surface area contributed by atoms with E-state index in [1.54, 1.807) is 12.1 Å². The summed E-state index contributed by atoms with van der Waals surface area (Å²) in [5.74, 6) is 0.0988. The Kier molecular flexibility index (Phi) is 4.56. The zero-order chi connectivity index (χ0) is 11.1. The van der Waals surface area contributed by atoms with Crippen LogP contribution in [0.25, 0.3) is 0 Å². The molecule has 0 saturated carbocycles. The zero-order valence-corrected chi connectivity index (χ0v) is 8.48. The van der Waals surface area contributed by atoms with Crippen molar-refractivity contribution in [2.45, 2.75) is 12.8 Å². The third kappa shape index (κ3) is 3.95. The van der Waals surface area contributed by atoms with Gasteiger partial charge in [0.2, 0.25) is 0 Å². The zero-order valence-electron chi connectivity index (χ0n) is 8.48. The molecular weight excluding hydrogens is 194 g/mol. The number of hydrogen-bond acceptors (Lipinski definition) is 4. The third-order valence-corrected chi connectivity index (χ3v) is 1.86. The molecule has 0 spiro atoms. The van der Waals surface area contributed by atoms with Crippen LogP contribution in [0, 0.1) is 0 Å². The minimum atomic E-state index is -0.537. The van der Waals surface area contributed by atoms with Gasteiger partial charge in [0.05, 0.1) is 12.8 Å². The Morgan fingerprint density at radius 1 is 1.40 bits per heavy atom. The molecule has 1 rings (SSSR count). The monoisotopic (exact) mass is 209 g/mol. The number of pyridine rings is 1. The fraction of sp³-hybridized carbons (Fsp3) is 0.400. The minimum absolute atomic E-state index is 0.240. The molecule has 1 aromatic heterocycles. The Hall–Kier alpha value is -1.62. The van der Waals surface area contributed by atoms with Gasteiger partial charge in [0.25, 0.3) is 5.91 Å². The van der Waals surface area contributed by atoms with E-state index < -0.39 is 5.91 Å². The van der Waals surface area contributed by atoms with Gasteiger partial charge in [0, 0.05) is 0 Å². The molecule has 5 heteroatoms. The normalized spacial score (nSPS) is 9.93. The fourth-order valence-corrected chi connectivity index (χ4v) is 1.05. The van der Waals surface area contributed by atoms with Gasteiger partial charge in [-0.15, -0.1) is 0 Å². The molecule has 5 nitrogen and oxygen atoms in total. The molecule has 0 fully saturated rings. The van der Waals surface area contributed by atoms with Crippen LogP contribution in [0.15, 0.2) is 18.3 Å². The molecule has 0 aliphatic heterocycles. The largest absolute Gasteiger partial charge is 0.492 e. The number of primary amides is 1. The van der Waals surface area contributed by atoms with Crippen molar-refractivity contribution in [2.75, 3.05) is 13.2 Å².